The first-order valence-electron chi connectivity index (χ1n) is 12.3. The highest BCUT2D eigenvalue weighted by Crippen LogP contribution is 2.30. The number of carbonyl (C=O) groups excluding carboxylic acids is 1. The first-order valence-corrected chi connectivity index (χ1v) is 12.3. The van der Waals surface area contributed by atoms with Crippen LogP contribution in [0.2, 0.25) is 0 Å². The zero-order valence-electron chi connectivity index (χ0n) is 20.7. The van der Waals surface area contributed by atoms with Crippen molar-refractivity contribution < 1.29 is 13.9 Å². The third-order valence-electron chi connectivity index (χ3n) is 6.75. The number of imidazole rings is 1. The van der Waals surface area contributed by atoms with E-state index in [1.54, 1.807) is 6.33 Å². The maximum Gasteiger partial charge on any atom is 0.254 e. The molecule has 0 unspecified atom stereocenters. The monoisotopic (exact) mass is 522 g/mol. The van der Waals surface area contributed by atoms with Crippen LogP contribution in [-0.2, 0) is 17.8 Å². The summed E-state index contributed by atoms with van der Waals surface area (Å²) in [5.41, 5.74) is 12.2. The van der Waals surface area contributed by atoms with Crippen molar-refractivity contribution in [3.8, 4) is 6.07 Å². The van der Waals surface area contributed by atoms with Crippen molar-refractivity contribution in [2.75, 3.05) is 18.9 Å². The Morgan fingerprint density at radius 1 is 1.23 bits per heavy atom. The van der Waals surface area contributed by atoms with Crippen molar-refractivity contribution in [3.05, 3.63) is 88.9 Å². The summed E-state index contributed by atoms with van der Waals surface area (Å²) in [6.45, 7) is 1.87. The van der Waals surface area contributed by atoms with Crippen LogP contribution < -0.4 is 11.1 Å². The third kappa shape index (κ3) is 4.69. The number of ether oxygens (including phenoxy) is 1. The number of nitrogen functional groups attached to an aromatic ring is 1. The van der Waals surface area contributed by atoms with E-state index in [0.29, 0.717) is 36.7 Å². The van der Waals surface area contributed by atoms with E-state index in [9.17, 15) is 9.18 Å². The maximum atomic E-state index is 14.3. The zero-order chi connectivity index (χ0) is 26.9. The zero-order valence-corrected chi connectivity index (χ0v) is 20.7. The van der Waals surface area contributed by atoms with Crippen LogP contribution in [0.25, 0.3) is 27.6 Å². The summed E-state index contributed by atoms with van der Waals surface area (Å²) in [7, 11) is 0. The van der Waals surface area contributed by atoms with Crippen molar-refractivity contribution in [2.24, 2.45) is 0 Å². The molecule has 4 N–H and O–H groups in total. The molecule has 11 heteroatoms. The molecule has 1 aliphatic rings. The molecule has 3 aromatic heterocycles. The Hall–Kier alpha value is -5.08. The molecule has 0 saturated heterocycles. The predicted molar refractivity (Wildman–Crippen MR) is 143 cm³/mol. The number of hydrogen-bond acceptors (Lipinski definition) is 7. The highest BCUT2D eigenvalue weighted by molar-refractivity contribution is 5.95. The van der Waals surface area contributed by atoms with E-state index in [0.717, 1.165) is 40.2 Å². The molecule has 39 heavy (non-hydrogen) atoms. The van der Waals surface area contributed by atoms with Gasteiger partial charge in [0.2, 0.25) is 0 Å². The van der Waals surface area contributed by atoms with Gasteiger partial charge in [-0.15, -0.1) is 0 Å². The lowest BCUT2D eigenvalue weighted by atomic mass is 9.97. The van der Waals surface area contributed by atoms with Gasteiger partial charge in [0.05, 0.1) is 55.3 Å². The number of anilines is 1. The Morgan fingerprint density at radius 2 is 2.13 bits per heavy atom. The first kappa shape index (κ1) is 24.3. The fourth-order valence-corrected chi connectivity index (χ4v) is 4.81. The van der Waals surface area contributed by atoms with Gasteiger partial charge in [-0.25, -0.2) is 19.3 Å². The number of benzene rings is 2. The normalized spacial score (nSPS) is 13.4. The van der Waals surface area contributed by atoms with Crippen LogP contribution >= 0.6 is 0 Å². The van der Waals surface area contributed by atoms with Crippen molar-refractivity contribution in [1.29, 1.82) is 5.26 Å². The number of carbonyl (C=O) groups is 1. The van der Waals surface area contributed by atoms with Crippen LogP contribution in [0.15, 0.2) is 55.1 Å². The predicted octanol–water partition coefficient (Wildman–Crippen LogP) is 3.68. The second-order valence-electron chi connectivity index (χ2n) is 9.24. The van der Waals surface area contributed by atoms with E-state index in [-0.39, 0.29) is 17.7 Å². The van der Waals surface area contributed by atoms with Gasteiger partial charge in [0.1, 0.15) is 17.7 Å². The number of nitrogens with two attached hydrogens (primary N) is 1. The maximum absolute atomic E-state index is 14.3. The average Bonchev–Trinajstić information content (AvgIpc) is 3.57. The molecular formula is C28H23FN8O2. The first-order chi connectivity index (χ1) is 19.0. The summed E-state index contributed by atoms with van der Waals surface area (Å²) in [6.07, 6.45) is 6.01. The molecule has 10 nitrogen and oxygen atoms in total. The van der Waals surface area contributed by atoms with Crippen LogP contribution in [0.4, 0.5) is 10.2 Å². The molecule has 2 aromatic carbocycles. The van der Waals surface area contributed by atoms with Gasteiger partial charge in [0, 0.05) is 11.1 Å². The number of nitriles is 1. The number of aromatic amines is 1. The van der Waals surface area contributed by atoms with Gasteiger partial charge in [0.15, 0.2) is 11.5 Å². The van der Waals surface area contributed by atoms with E-state index < -0.39 is 11.7 Å². The second kappa shape index (κ2) is 10.00. The lowest BCUT2D eigenvalue weighted by Gasteiger charge is -2.15. The van der Waals surface area contributed by atoms with Crippen molar-refractivity contribution in [1.82, 2.24) is 29.8 Å². The van der Waals surface area contributed by atoms with Crippen LogP contribution in [-0.4, -0.2) is 43.6 Å². The molecule has 0 aliphatic carbocycles. The number of nitrogens with one attached hydrogen (secondary N) is 2. The topological polar surface area (TPSA) is 148 Å². The number of amides is 1. The quantitative estimate of drug-likeness (QED) is 0.308. The molecule has 6 rings (SSSR count). The average molecular weight is 523 g/mol. The summed E-state index contributed by atoms with van der Waals surface area (Å²) in [6, 6.07) is 11.9. The van der Waals surface area contributed by atoms with Gasteiger partial charge >= 0.3 is 0 Å². The molecule has 194 valence electrons. The Morgan fingerprint density at radius 3 is 2.92 bits per heavy atom. The van der Waals surface area contributed by atoms with Gasteiger partial charge in [-0.05, 0) is 59.5 Å². The molecule has 4 heterocycles. The standard InChI is InChI=1S/C28H23FN8O2/c29-23-7-16(11-30)1-2-22(23)28(38)32-12-21-10-19-8-18(17-3-5-39-6-4-17)9-20(24(19)36-21)13-37-15-35-25-26(31)33-14-34-27(25)37/h1-3,7-10,14-15,36H,4-6,12-13H2,(H,32,38)(H2,31,33,34). The van der Waals surface area contributed by atoms with Crippen molar-refractivity contribution in [3.63, 3.8) is 0 Å². The molecule has 5 aromatic rings. The molecular weight excluding hydrogens is 499 g/mol. The summed E-state index contributed by atoms with van der Waals surface area (Å²) >= 11 is 0. The van der Waals surface area contributed by atoms with Crippen molar-refractivity contribution in [2.45, 2.75) is 19.5 Å². The minimum atomic E-state index is -0.739. The Labute approximate surface area is 222 Å². The summed E-state index contributed by atoms with van der Waals surface area (Å²) in [5.74, 6) is -0.982. The van der Waals surface area contributed by atoms with Crippen LogP contribution in [0, 0.1) is 17.1 Å². The number of nitrogens with zero attached hydrogens (tertiary/aromatic N) is 5. The highest BCUT2D eigenvalue weighted by atomic mass is 19.1. The largest absolute Gasteiger partial charge is 0.382 e. The SMILES string of the molecule is N#Cc1ccc(C(=O)NCc2cc3cc(C4=CCOCC4)cc(Cn4cnc5c(N)ncnc54)c3[nH]2)c(F)c1. The van der Waals surface area contributed by atoms with Gasteiger partial charge in [-0.2, -0.15) is 5.26 Å². The fraction of sp³-hybridized carbons (Fsp3) is 0.179. The molecule has 1 aliphatic heterocycles. The number of halogens is 1. The number of H-pyrrole nitrogens is 1. The molecule has 0 radical (unpaired) electrons. The molecule has 0 atom stereocenters. The van der Waals surface area contributed by atoms with E-state index in [4.69, 9.17) is 15.7 Å². The second-order valence-corrected chi connectivity index (χ2v) is 9.24. The lowest BCUT2D eigenvalue weighted by molar-refractivity contribution is 0.0946. The molecule has 0 bridgehead atoms. The number of hydrogen-bond donors (Lipinski definition) is 3. The summed E-state index contributed by atoms with van der Waals surface area (Å²) in [4.78, 5) is 28.8. The lowest BCUT2D eigenvalue weighted by Crippen LogP contribution is -2.24. The van der Waals surface area contributed by atoms with Crippen LogP contribution in [0.5, 0.6) is 0 Å². The number of fused-ring (bicyclic) bond motifs is 2. The smallest absolute Gasteiger partial charge is 0.254 e. The fourth-order valence-electron chi connectivity index (χ4n) is 4.81. The molecule has 0 spiro atoms. The molecule has 1 amide bonds. The number of rotatable bonds is 6. The molecule has 0 fully saturated rings. The van der Waals surface area contributed by atoms with E-state index in [1.807, 2.05) is 16.7 Å². The van der Waals surface area contributed by atoms with Gasteiger partial charge in [-0.1, -0.05) is 6.08 Å². The third-order valence-corrected chi connectivity index (χ3v) is 6.75. The van der Waals surface area contributed by atoms with Crippen LogP contribution in [0.1, 0.15) is 39.2 Å². The Bertz CT molecular complexity index is 1810. The van der Waals surface area contributed by atoms with E-state index >= 15 is 0 Å². The highest BCUT2D eigenvalue weighted by Gasteiger charge is 2.17. The summed E-state index contributed by atoms with van der Waals surface area (Å²) in [5, 5.41) is 12.7. The van der Waals surface area contributed by atoms with E-state index in [2.05, 4.69) is 43.5 Å². The van der Waals surface area contributed by atoms with Gasteiger partial charge in [0.25, 0.3) is 5.91 Å². The van der Waals surface area contributed by atoms with E-state index in [1.165, 1.54) is 24.0 Å². The van der Waals surface area contributed by atoms with Gasteiger partial charge < -0.3 is 25.3 Å². The minimum Gasteiger partial charge on any atom is -0.382 e. The minimum absolute atomic E-state index is 0.118. The van der Waals surface area contributed by atoms with Gasteiger partial charge in [-0.3, -0.25) is 4.79 Å². The number of aromatic nitrogens is 5. The van der Waals surface area contributed by atoms with Crippen LogP contribution in [0.3, 0.4) is 0 Å². The Balaban J connectivity index is 1.33. The van der Waals surface area contributed by atoms with Crippen molar-refractivity contribution >= 4 is 39.4 Å². The Kier molecular flexibility index (Phi) is 6.22. The summed E-state index contributed by atoms with van der Waals surface area (Å²) < 4.78 is 21.7. The molecule has 0 saturated carbocycles.